The van der Waals surface area contributed by atoms with Gasteiger partial charge < -0.3 is 5.32 Å². The molecule has 2 aromatic rings. The fraction of sp³-hybridized carbons (Fsp3) is 0.391. The average Bonchev–Trinajstić information content (AvgIpc) is 3.60. The van der Waals surface area contributed by atoms with Gasteiger partial charge in [-0.1, -0.05) is 42.5 Å². The first-order valence-electron chi connectivity index (χ1n) is 10.8. The van der Waals surface area contributed by atoms with Crippen LogP contribution in [0.5, 0.6) is 0 Å². The zero-order chi connectivity index (χ0) is 27.4. The van der Waals surface area contributed by atoms with Crippen LogP contribution in [-0.4, -0.2) is 44.4 Å². The van der Waals surface area contributed by atoms with Crippen LogP contribution >= 0.6 is 0 Å². The summed E-state index contributed by atoms with van der Waals surface area (Å²) in [7, 11) is -4.87. The minimum Gasteiger partial charge on any atom is -0.336 e. The lowest BCUT2D eigenvalue weighted by Gasteiger charge is -2.29. The number of amides is 1. The molecule has 7 nitrogen and oxygen atoms in total. The van der Waals surface area contributed by atoms with Crippen molar-refractivity contribution in [2.45, 2.75) is 48.7 Å². The molecular formula is C23H21F6N3O4S. The minimum atomic E-state index is -5.08. The zero-order valence-electron chi connectivity index (χ0n) is 18.9. The molecule has 14 heteroatoms. The van der Waals surface area contributed by atoms with E-state index in [1.54, 1.807) is 6.07 Å². The Bertz CT molecular complexity index is 1230. The monoisotopic (exact) mass is 549 g/mol. The third-order valence-electron chi connectivity index (χ3n) is 5.56. The van der Waals surface area contributed by atoms with Gasteiger partial charge in [0.2, 0.25) is 5.91 Å². The van der Waals surface area contributed by atoms with Crippen molar-refractivity contribution in [1.82, 2.24) is 10.6 Å². The number of nitrogens with zero attached hydrogens (tertiary/aromatic N) is 1. The fourth-order valence-electron chi connectivity index (χ4n) is 3.54. The van der Waals surface area contributed by atoms with Crippen molar-refractivity contribution in [3.05, 3.63) is 71.5 Å². The molecule has 1 aliphatic rings. The van der Waals surface area contributed by atoms with Crippen molar-refractivity contribution in [2.75, 3.05) is 5.75 Å². The maximum Gasteiger partial charge on any atom is 0.407 e. The summed E-state index contributed by atoms with van der Waals surface area (Å²) in [5.41, 5.74) is -4.44. The number of alkyl halides is 5. The third kappa shape index (κ3) is 7.43. The third-order valence-corrected chi connectivity index (χ3v) is 7.40. The second-order valence-corrected chi connectivity index (χ2v) is 10.5. The second-order valence-electron chi connectivity index (χ2n) is 8.40. The normalized spacial score (nSPS) is 17.5. The quantitative estimate of drug-likeness (QED) is 0.412. The molecule has 0 saturated heterocycles. The number of nitriles is 1. The smallest absolute Gasteiger partial charge is 0.336 e. The van der Waals surface area contributed by atoms with Gasteiger partial charge in [0.05, 0.1) is 11.8 Å². The van der Waals surface area contributed by atoms with Gasteiger partial charge in [-0.05, 0) is 36.1 Å². The van der Waals surface area contributed by atoms with Crippen LogP contribution in [0, 0.1) is 17.1 Å². The molecular weight excluding hydrogens is 528 g/mol. The van der Waals surface area contributed by atoms with E-state index in [2.05, 4.69) is 10.1 Å². The number of carbonyl (C=O) groups excluding carboxylic acids is 1. The molecule has 1 fully saturated rings. The Morgan fingerprint density at radius 3 is 2.14 bits per heavy atom. The largest absolute Gasteiger partial charge is 0.407 e. The molecule has 37 heavy (non-hydrogen) atoms. The Hall–Kier alpha value is -3.15. The van der Waals surface area contributed by atoms with Gasteiger partial charge in [-0.2, -0.15) is 27.2 Å². The van der Waals surface area contributed by atoms with Gasteiger partial charge in [0.25, 0.3) is 0 Å². The van der Waals surface area contributed by atoms with E-state index < -0.39 is 68.7 Å². The molecule has 0 spiro atoms. The van der Waals surface area contributed by atoms with Gasteiger partial charge in [-0.3, -0.25) is 14.8 Å². The van der Waals surface area contributed by atoms with E-state index >= 15 is 0 Å². The highest BCUT2D eigenvalue weighted by Gasteiger charge is 2.49. The maximum absolute atomic E-state index is 14.0. The van der Waals surface area contributed by atoms with E-state index in [4.69, 9.17) is 0 Å². The summed E-state index contributed by atoms with van der Waals surface area (Å²) < 4.78 is 112. The topological polar surface area (TPSA) is 108 Å². The number of nitrogens with one attached hydrogen (secondary N) is 2. The van der Waals surface area contributed by atoms with Crippen LogP contribution in [0.2, 0.25) is 0 Å². The SMILES string of the molecule is N#CC1(NC(=O)[C@H](CS(=O)(=O)C(OC(F)F)c2ccccc2)N[C@@H](c2ccc(F)cc2)C(F)(F)F)CC1. The highest BCUT2D eigenvalue weighted by molar-refractivity contribution is 7.91. The summed E-state index contributed by atoms with van der Waals surface area (Å²) in [6.07, 6.45) is -4.70. The van der Waals surface area contributed by atoms with Crippen LogP contribution in [0.3, 0.4) is 0 Å². The molecule has 2 N–H and O–H groups in total. The molecule has 0 aliphatic heterocycles. The standard InChI is InChI=1S/C23H21F6N3O4S/c24-16-8-6-14(7-9-16)18(23(27,28)29)31-17(19(33)32-22(13-30)10-11-22)12-37(34,35)20(36-21(25)26)15-4-2-1-3-5-15/h1-9,17-18,20-21,31H,10-12H2,(H,32,33)/t17-,18-,20?/m0/s1. The summed E-state index contributed by atoms with van der Waals surface area (Å²) in [4.78, 5) is 13.0. The van der Waals surface area contributed by atoms with Crippen molar-refractivity contribution in [1.29, 1.82) is 5.26 Å². The number of ether oxygens (including phenoxy) is 1. The van der Waals surface area contributed by atoms with Crippen LogP contribution in [0.25, 0.3) is 0 Å². The van der Waals surface area contributed by atoms with Crippen molar-refractivity contribution in [3.63, 3.8) is 0 Å². The lowest BCUT2D eigenvalue weighted by molar-refractivity contribution is -0.160. The molecule has 0 radical (unpaired) electrons. The van der Waals surface area contributed by atoms with Crippen molar-refractivity contribution < 1.29 is 44.3 Å². The zero-order valence-corrected chi connectivity index (χ0v) is 19.7. The van der Waals surface area contributed by atoms with E-state index in [0.717, 1.165) is 24.3 Å². The summed E-state index contributed by atoms with van der Waals surface area (Å²) >= 11 is 0. The summed E-state index contributed by atoms with van der Waals surface area (Å²) in [5, 5.41) is 13.4. The number of carbonyl (C=O) groups is 1. The Labute approximate surface area is 208 Å². The number of hydrogen-bond acceptors (Lipinski definition) is 6. The molecule has 2 aromatic carbocycles. The van der Waals surface area contributed by atoms with Crippen LogP contribution in [0.15, 0.2) is 54.6 Å². The predicted octanol–water partition coefficient (Wildman–Crippen LogP) is 3.91. The van der Waals surface area contributed by atoms with Crippen LogP contribution in [0.4, 0.5) is 26.3 Å². The molecule has 1 aliphatic carbocycles. The first-order valence-corrected chi connectivity index (χ1v) is 12.5. The van der Waals surface area contributed by atoms with Gasteiger partial charge in [-0.25, -0.2) is 12.8 Å². The molecule has 1 unspecified atom stereocenters. The second kappa shape index (κ2) is 11.1. The average molecular weight is 549 g/mol. The minimum absolute atomic E-state index is 0.191. The molecule has 3 rings (SSSR count). The highest BCUT2D eigenvalue weighted by atomic mass is 32.2. The Morgan fingerprint density at radius 1 is 1.05 bits per heavy atom. The number of benzene rings is 2. The molecule has 200 valence electrons. The van der Waals surface area contributed by atoms with Gasteiger partial charge >= 0.3 is 12.8 Å². The summed E-state index contributed by atoms with van der Waals surface area (Å²) in [5.74, 6) is -3.48. The summed E-state index contributed by atoms with van der Waals surface area (Å²) in [6.45, 7) is -3.56. The molecule has 0 aromatic heterocycles. The predicted molar refractivity (Wildman–Crippen MR) is 118 cm³/mol. The van der Waals surface area contributed by atoms with Gasteiger partial charge in [0.1, 0.15) is 23.4 Å². The van der Waals surface area contributed by atoms with E-state index in [9.17, 15) is 44.8 Å². The lowest BCUT2D eigenvalue weighted by Crippen LogP contribution is -2.54. The Balaban J connectivity index is 1.99. The van der Waals surface area contributed by atoms with Crippen molar-refractivity contribution in [3.8, 4) is 6.07 Å². The molecule has 1 saturated carbocycles. The molecule has 0 heterocycles. The van der Waals surface area contributed by atoms with E-state index in [1.807, 2.05) is 5.32 Å². The molecule has 0 bridgehead atoms. The maximum atomic E-state index is 14.0. The Morgan fingerprint density at radius 2 is 1.65 bits per heavy atom. The van der Waals surface area contributed by atoms with Crippen molar-refractivity contribution >= 4 is 15.7 Å². The Kier molecular flexibility index (Phi) is 8.51. The number of hydrogen-bond donors (Lipinski definition) is 2. The number of halogens is 6. The van der Waals surface area contributed by atoms with Crippen LogP contribution in [0.1, 0.15) is 35.4 Å². The van der Waals surface area contributed by atoms with Gasteiger partial charge in [-0.15, -0.1) is 0 Å². The van der Waals surface area contributed by atoms with Gasteiger partial charge in [0, 0.05) is 0 Å². The van der Waals surface area contributed by atoms with Crippen molar-refractivity contribution in [2.24, 2.45) is 0 Å². The fourth-order valence-corrected chi connectivity index (χ4v) is 5.25. The van der Waals surface area contributed by atoms with Crippen LogP contribution < -0.4 is 10.6 Å². The first kappa shape index (κ1) is 28.4. The number of rotatable bonds is 11. The first-order chi connectivity index (χ1) is 17.3. The molecule has 3 atom stereocenters. The molecule has 1 amide bonds. The van der Waals surface area contributed by atoms with Gasteiger partial charge in [0.15, 0.2) is 15.3 Å². The van der Waals surface area contributed by atoms with E-state index in [1.165, 1.54) is 30.3 Å². The van der Waals surface area contributed by atoms with E-state index in [0.29, 0.717) is 0 Å². The lowest BCUT2D eigenvalue weighted by atomic mass is 10.0. The highest BCUT2D eigenvalue weighted by Crippen LogP contribution is 2.36. The van der Waals surface area contributed by atoms with Crippen LogP contribution in [-0.2, 0) is 19.4 Å². The number of sulfone groups is 1. The van der Waals surface area contributed by atoms with E-state index in [-0.39, 0.29) is 18.4 Å². The summed E-state index contributed by atoms with van der Waals surface area (Å²) in [6, 6.07) is 6.59.